The summed E-state index contributed by atoms with van der Waals surface area (Å²) in [4.78, 5) is 37.6. The first-order valence-corrected chi connectivity index (χ1v) is 8.05. The van der Waals surface area contributed by atoms with E-state index in [0.717, 1.165) is 22.2 Å². The van der Waals surface area contributed by atoms with E-state index in [2.05, 4.69) is 15.5 Å². The lowest BCUT2D eigenvalue weighted by atomic mass is 10.2. The van der Waals surface area contributed by atoms with Gasteiger partial charge in [-0.05, 0) is 29.5 Å². The second kappa shape index (κ2) is 7.14. The summed E-state index contributed by atoms with van der Waals surface area (Å²) < 4.78 is 0. The second-order valence-electron chi connectivity index (χ2n) is 4.97. The van der Waals surface area contributed by atoms with Crippen molar-refractivity contribution in [3.63, 3.8) is 0 Å². The molecule has 2 N–H and O–H groups in total. The van der Waals surface area contributed by atoms with Crippen LogP contribution in [0.5, 0.6) is 0 Å². The molecule has 0 spiro atoms. The Morgan fingerprint density at radius 3 is 2.75 bits per heavy atom. The lowest BCUT2D eigenvalue weighted by molar-refractivity contribution is -0.122. The van der Waals surface area contributed by atoms with Gasteiger partial charge in [0.05, 0.1) is 4.91 Å². The van der Waals surface area contributed by atoms with Crippen molar-refractivity contribution in [2.45, 2.75) is 0 Å². The maximum atomic E-state index is 12.3. The maximum absolute atomic E-state index is 12.3. The molecular weight excluding hydrogens is 328 g/mol. The normalized spacial score (nSPS) is 16.0. The van der Waals surface area contributed by atoms with Crippen LogP contribution in [0.2, 0.25) is 0 Å². The number of hydrogen-bond acceptors (Lipinski definition) is 5. The van der Waals surface area contributed by atoms with Gasteiger partial charge in [0.1, 0.15) is 5.69 Å². The number of hydrogen-bond donors (Lipinski definition) is 2. The van der Waals surface area contributed by atoms with E-state index in [0.29, 0.717) is 10.6 Å². The van der Waals surface area contributed by atoms with Crippen molar-refractivity contribution in [3.8, 4) is 0 Å². The highest BCUT2D eigenvalue weighted by Gasteiger charge is 2.34. The minimum absolute atomic E-state index is 0.122. The molecule has 24 heavy (non-hydrogen) atoms. The monoisotopic (exact) mass is 342 g/mol. The number of nitrogens with zero attached hydrogens (tertiary/aromatic N) is 2. The van der Waals surface area contributed by atoms with Gasteiger partial charge < -0.3 is 5.32 Å². The smallest absolute Gasteiger partial charge is 0.293 e. The third-order valence-corrected chi connectivity index (χ3v) is 4.24. The number of aromatic amines is 1. The predicted molar refractivity (Wildman–Crippen MR) is 90.0 cm³/mol. The van der Waals surface area contributed by atoms with Crippen LogP contribution in [0, 0.1) is 0 Å². The number of thioether (sulfide) groups is 1. The Kier molecular flexibility index (Phi) is 4.76. The number of imide groups is 1. The number of amides is 3. The van der Waals surface area contributed by atoms with Crippen LogP contribution in [0.15, 0.2) is 47.5 Å². The van der Waals surface area contributed by atoms with Gasteiger partial charge in [0, 0.05) is 19.3 Å². The predicted octanol–water partition coefficient (Wildman–Crippen LogP) is 1.88. The molecule has 122 valence electrons. The number of H-pyrrole nitrogens is 1. The topological polar surface area (TPSA) is 95.2 Å². The van der Waals surface area contributed by atoms with Crippen molar-refractivity contribution < 1.29 is 14.4 Å². The number of aromatic nitrogens is 2. The van der Waals surface area contributed by atoms with Crippen LogP contribution >= 0.6 is 11.8 Å². The van der Waals surface area contributed by atoms with Gasteiger partial charge in [-0.15, -0.1) is 0 Å². The van der Waals surface area contributed by atoms with Gasteiger partial charge in [0.2, 0.25) is 0 Å². The van der Waals surface area contributed by atoms with Crippen LogP contribution in [-0.4, -0.2) is 45.2 Å². The average Bonchev–Trinajstić information content (AvgIpc) is 3.20. The van der Waals surface area contributed by atoms with Gasteiger partial charge in [0.25, 0.3) is 17.1 Å². The summed E-state index contributed by atoms with van der Waals surface area (Å²) >= 11 is 0.903. The van der Waals surface area contributed by atoms with Gasteiger partial charge in [-0.2, -0.15) is 5.10 Å². The SMILES string of the molecule is O=C(NCCN1C(=O)SC(=Cc2ccccc2)C1=O)c1ccn[nH]1. The molecule has 1 aromatic carbocycles. The third kappa shape index (κ3) is 3.54. The van der Waals surface area contributed by atoms with Gasteiger partial charge in [0.15, 0.2) is 0 Å². The Bertz CT molecular complexity index is 787. The van der Waals surface area contributed by atoms with Gasteiger partial charge >= 0.3 is 0 Å². The van der Waals surface area contributed by atoms with E-state index in [4.69, 9.17) is 0 Å². The zero-order valence-corrected chi connectivity index (χ0v) is 13.4. The van der Waals surface area contributed by atoms with Gasteiger partial charge in [-0.3, -0.25) is 24.4 Å². The first-order valence-electron chi connectivity index (χ1n) is 7.23. The van der Waals surface area contributed by atoms with Gasteiger partial charge in [-0.1, -0.05) is 30.3 Å². The van der Waals surface area contributed by atoms with Crippen LogP contribution < -0.4 is 5.32 Å². The summed E-state index contributed by atoms with van der Waals surface area (Å²) in [5.41, 5.74) is 1.18. The van der Waals surface area contributed by atoms with Crippen molar-refractivity contribution >= 4 is 34.9 Å². The van der Waals surface area contributed by atoms with Crippen LogP contribution in [0.1, 0.15) is 16.1 Å². The number of nitrogens with one attached hydrogen (secondary N) is 2. The molecule has 1 aliphatic heterocycles. The van der Waals surface area contributed by atoms with E-state index in [1.807, 2.05) is 30.3 Å². The molecule has 1 saturated heterocycles. The molecule has 0 saturated carbocycles. The number of carbonyl (C=O) groups is 3. The maximum Gasteiger partial charge on any atom is 0.293 e. The van der Waals surface area contributed by atoms with E-state index in [9.17, 15) is 14.4 Å². The Morgan fingerprint density at radius 2 is 2.04 bits per heavy atom. The largest absolute Gasteiger partial charge is 0.349 e. The molecule has 3 amide bonds. The molecule has 2 heterocycles. The van der Waals surface area contributed by atoms with Crippen LogP contribution in [-0.2, 0) is 4.79 Å². The van der Waals surface area contributed by atoms with Crippen molar-refractivity contribution in [2.75, 3.05) is 13.1 Å². The molecule has 7 nitrogen and oxygen atoms in total. The zero-order valence-electron chi connectivity index (χ0n) is 12.6. The van der Waals surface area contributed by atoms with Crippen molar-refractivity contribution in [3.05, 3.63) is 58.8 Å². The standard InChI is InChI=1S/C16H14N4O3S/c21-14(12-6-7-18-19-12)17-8-9-20-15(22)13(24-16(20)23)10-11-4-2-1-3-5-11/h1-7,10H,8-9H2,(H,17,21)(H,18,19). The fourth-order valence-corrected chi connectivity index (χ4v) is 3.02. The first kappa shape index (κ1) is 16.0. The highest BCUT2D eigenvalue weighted by Crippen LogP contribution is 2.31. The molecule has 1 aliphatic rings. The quantitative estimate of drug-likeness (QED) is 0.809. The molecule has 8 heteroatoms. The minimum atomic E-state index is -0.343. The lowest BCUT2D eigenvalue weighted by Gasteiger charge is -2.12. The van der Waals surface area contributed by atoms with E-state index in [1.54, 1.807) is 6.08 Å². The lowest BCUT2D eigenvalue weighted by Crippen LogP contribution is -2.37. The molecule has 3 rings (SSSR count). The molecule has 0 unspecified atom stereocenters. The summed E-state index contributed by atoms with van der Waals surface area (Å²) in [5, 5.41) is 8.53. The highest BCUT2D eigenvalue weighted by molar-refractivity contribution is 8.18. The molecule has 1 aromatic heterocycles. The Balaban J connectivity index is 1.59. The number of benzene rings is 1. The summed E-state index contributed by atoms with van der Waals surface area (Å²) in [6, 6.07) is 10.9. The molecule has 1 fully saturated rings. The average molecular weight is 342 g/mol. The second-order valence-corrected chi connectivity index (χ2v) is 5.96. The molecule has 0 atom stereocenters. The molecule has 0 radical (unpaired) electrons. The van der Waals surface area contributed by atoms with Crippen molar-refractivity contribution in [1.29, 1.82) is 0 Å². The Hall–Kier alpha value is -2.87. The molecule has 2 aromatic rings. The molecule has 0 aliphatic carbocycles. The van der Waals surface area contributed by atoms with Crippen LogP contribution in [0.25, 0.3) is 6.08 Å². The number of carbonyl (C=O) groups excluding carboxylic acids is 3. The van der Waals surface area contributed by atoms with Crippen LogP contribution in [0.4, 0.5) is 4.79 Å². The summed E-state index contributed by atoms with van der Waals surface area (Å²) in [6.07, 6.45) is 3.16. The first-order chi connectivity index (χ1) is 11.6. The number of rotatable bonds is 5. The molecular formula is C16H14N4O3S. The summed E-state index contributed by atoms with van der Waals surface area (Å²) in [7, 11) is 0. The summed E-state index contributed by atoms with van der Waals surface area (Å²) in [6.45, 7) is 0.297. The van der Waals surface area contributed by atoms with Gasteiger partial charge in [-0.25, -0.2) is 0 Å². The van der Waals surface area contributed by atoms with E-state index in [-0.39, 0.29) is 30.1 Å². The zero-order chi connectivity index (χ0) is 16.9. The Morgan fingerprint density at radius 1 is 1.25 bits per heavy atom. The van der Waals surface area contributed by atoms with E-state index in [1.165, 1.54) is 12.3 Å². The van der Waals surface area contributed by atoms with Crippen LogP contribution in [0.3, 0.4) is 0 Å². The highest BCUT2D eigenvalue weighted by atomic mass is 32.2. The Labute approximate surface area is 142 Å². The van der Waals surface area contributed by atoms with Crippen molar-refractivity contribution in [2.24, 2.45) is 0 Å². The minimum Gasteiger partial charge on any atom is -0.349 e. The third-order valence-electron chi connectivity index (χ3n) is 3.34. The molecule has 0 bridgehead atoms. The van der Waals surface area contributed by atoms with E-state index >= 15 is 0 Å². The summed E-state index contributed by atoms with van der Waals surface area (Å²) in [5.74, 6) is -0.677. The fourth-order valence-electron chi connectivity index (χ4n) is 2.15. The van der Waals surface area contributed by atoms with Crippen molar-refractivity contribution in [1.82, 2.24) is 20.4 Å². The van der Waals surface area contributed by atoms with E-state index < -0.39 is 0 Å². The fraction of sp³-hybridized carbons (Fsp3) is 0.125.